The maximum atomic E-state index is 14.3. The molecule has 5 heteroatoms. The number of rotatable bonds is 2. The lowest BCUT2D eigenvalue weighted by molar-refractivity contribution is -0.137. The second kappa shape index (κ2) is 4.53. The molecule has 100 valence electrons. The number of benzene rings is 1. The molecule has 2 unspecified atom stereocenters. The molecule has 0 heterocycles. The highest BCUT2D eigenvalue weighted by atomic mass is 19.4. The van der Waals surface area contributed by atoms with Gasteiger partial charge in [-0.1, -0.05) is 18.2 Å². The molecule has 18 heavy (non-hydrogen) atoms. The molecule has 1 aromatic carbocycles. The third-order valence-corrected chi connectivity index (χ3v) is 3.37. The summed E-state index contributed by atoms with van der Waals surface area (Å²) < 4.78 is 51.9. The number of nitrogens with two attached hydrogens (primary N) is 1. The molecule has 0 aromatic heterocycles. The molecule has 2 N–H and O–H groups in total. The van der Waals surface area contributed by atoms with Gasteiger partial charge in [-0.3, -0.25) is 0 Å². The minimum absolute atomic E-state index is 0.00458. The molecule has 0 saturated heterocycles. The van der Waals surface area contributed by atoms with Crippen LogP contribution in [0.15, 0.2) is 24.3 Å². The van der Waals surface area contributed by atoms with E-state index in [1.165, 1.54) is 12.1 Å². The van der Waals surface area contributed by atoms with Crippen molar-refractivity contribution in [1.29, 1.82) is 0 Å². The molecule has 0 aliphatic heterocycles. The summed E-state index contributed by atoms with van der Waals surface area (Å²) in [5.41, 5.74) is 3.83. The van der Waals surface area contributed by atoms with Crippen LogP contribution in [0.1, 0.15) is 30.4 Å². The Kier molecular flexibility index (Phi) is 3.36. The molecule has 1 nitrogen and oxygen atoms in total. The average Bonchev–Trinajstić information content (AvgIpc) is 2.57. The predicted octanol–water partition coefficient (Wildman–Crippen LogP) is 3.47. The molecule has 0 bridgehead atoms. The maximum absolute atomic E-state index is 14.3. The molecule has 1 aliphatic rings. The van der Waals surface area contributed by atoms with Crippen LogP contribution in [-0.4, -0.2) is 11.7 Å². The SMILES string of the molecule is NC1CCC(F)(Cc2cccc(C(F)(F)F)c2)C1. The van der Waals surface area contributed by atoms with E-state index in [4.69, 9.17) is 5.73 Å². The molecule has 0 spiro atoms. The highest BCUT2D eigenvalue weighted by Crippen LogP contribution is 2.37. The first-order chi connectivity index (χ1) is 8.28. The number of halogens is 4. The fourth-order valence-electron chi connectivity index (χ4n) is 2.50. The van der Waals surface area contributed by atoms with Gasteiger partial charge in [-0.05, 0) is 30.9 Å². The van der Waals surface area contributed by atoms with Gasteiger partial charge in [-0.15, -0.1) is 0 Å². The van der Waals surface area contributed by atoms with Gasteiger partial charge in [0.05, 0.1) is 5.56 Å². The molecule has 1 saturated carbocycles. The lowest BCUT2D eigenvalue weighted by Crippen LogP contribution is -2.25. The van der Waals surface area contributed by atoms with E-state index in [1.54, 1.807) is 0 Å². The standard InChI is InChI=1S/C13H15F4N/c14-12(5-4-11(18)8-12)7-9-2-1-3-10(6-9)13(15,16)17/h1-3,6,11H,4-5,7-8,18H2. The van der Waals surface area contributed by atoms with Gasteiger partial charge >= 0.3 is 6.18 Å². The third-order valence-electron chi connectivity index (χ3n) is 3.37. The Labute approximate surface area is 103 Å². The van der Waals surface area contributed by atoms with Crippen molar-refractivity contribution in [2.24, 2.45) is 5.73 Å². The zero-order valence-electron chi connectivity index (χ0n) is 9.80. The van der Waals surface area contributed by atoms with Crippen LogP contribution in [0.4, 0.5) is 17.6 Å². The van der Waals surface area contributed by atoms with Crippen molar-refractivity contribution in [3.8, 4) is 0 Å². The molecule has 2 atom stereocenters. The minimum Gasteiger partial charge on any atom is -0.328 e. The average molecular weight is 261 g/mol. The van der Waals surface area contributed by atoms with Crippen molar-refractivity contribution in [1.82, 2.24) is 0 Å². The van der Waals surface area contributed by atoms with Crippen molar-refractivity contribution in [2.45, 2.75) is 43.6 Å². The molecular weight excluding hydrogens is 246 g/mol. The Morgan fingerprint density at radius 3 is 2.61 bits per heavy atom. The van der Waals surface area contributed by atoms with Crippen LogP contribution in [0.5, 0.6) is 0 Å². The van der Waals surface area contributed by atoms with E-state index < -0.39 is 17.4 Å². The molecule has 2 rings (SSSR count). The van der Waals surface area contributed by atoms with Crippen molar-refractivity contribution < 1.29 is 17.6 Å². The van der Waals surface area contributed by atoms with E-state index in [0.717, 1.165) is 12.1 Å². The van der Waals surface area contributed by atoms with Crippen molar-refractivity contribution in [3.05, 3.63) is 35.4 Å². The van der Waals surface area contributed by atoms with Crippen molar-refractivity contribution in [3.63, 3.8) is 0 Å². The van der Waals surface area contributed by atoms with E-state index in [9.17, 15) is 17.6 Å². The van der Waals surface area contributed by atoms with Gasteiger partial charge in [-0.25, -0.2) is 4.39 Å². The van der Waals surface area contributed by atoms with Gasteiger partial charge in [0.15, 0.2) is 0 Å². The Morgan fingerprint density at radius 1 is 1.33 bits per heavy atom. The third kappa shape index (κ3) is 3.02. The van der Waals surface area contributed by atoms with Crippen LogP contribution in [0.3, 0.4) is 0 Å². The van der Waals surface area contributed by atoms with Gasteiger partial charge in [0, 0.05) is 12.5 Å². The number of hydrogen-bond acceptors (Lipinski definition) is 1. The van der Waals surface area contributed by atoms with Gasteiger partial charge < -0.3 is 5.73 Å². The lowest BCUT2D eigenvalue weighted by Gasteiger charge is -2.20. The molecular formula is C13H15F4N. The smallest absolute Gasteiger partial charge is 0.328 e. The Bertz CT molecular complexity index is 429. The summed E-state index contributed by atoms with van der Waals surface area (Å²) in [7, 11) is 0. The molecule has 1 fully saturated rings. The summed E-state index contributed by atoms with van der Waals surface area (Å²) >= 11 is 0. The fraction of sp³-hybridized carbons (Fsp3) is 0.538. The van der Waals surface area contributed by atoms with Crippen LogP contribution < -0.4 is 5.73 Å². The zero-order valence-corrected chi connectivity index (χ0v) is 9.80. The topological polar surface area (TPSA) is 26.0 Å². The first-order valence-electron chi connectivity index (χ1n) is 5.89. The second-order valence-electron chi connectivity index (χ2n) is 5.03. The van der Waals surface area contributed by atoms with E-state index >= 15 is 0 Å². The summed E-state index contributed by atoms with van der Waals surface area (Å²) in [6, 6.07) is 4.68. The van der Waals surface area contributed by atoms with E-state index in [-0.39, 0.29) is 18.9 Å². The monoisotopic (exact) mass is 261 g/mol. The van der Waals surface area contributed by atoms with Crippen LogP contribution in [0.25, 0.3) is 0 Å². The number of hydrogen-bond donors (Lipinski definition) is 1. The van der Waals surface area contributed by atoms with Gasteiger partial charge in [0.1, 0.15) is 5.67 Å². The Morgan fingerprint density at radius 2 is 2.06 bits per heavy atom. The van der Waals surface area contributed by atoms with Crippen LogP contribution in [-0.2, 0) is 12.6 Å². The van der Waals surface area contributed by atoms with Crippen LogP contribution in [0, 0.1) is 0 Å². The lowest BCUT2D eigenvalue weighted by atomic mass is 9.93. The van der Waals surface area contributed by atoms with E-state index in [1.807, 2.05) is 0 Å². The van der Waals surface area contributed by atoms with Gasteiger partial charge in [-0.2, -0.15) is 13.2 Å². The molecule has 1 aromatic rings. The minimum atomic E-state index is -4.38. The van der Waals surface area contributed by atoms with Crippen molar-refractivity contribution in [2.75, 3.05) is 0 Å². The van der Waals surface area contributed by atoms with Gasteiger partial charge in [0.25, 0.3) is 0 Å². The highest BCUT2D eigenvalue weighted by Gasteiger charge is 2.38. The quantitative estimate of drug-likeness (QED) is 0.810. The first-order valence-corrected chi connectivity index (χ1v) is 5.89. The molecule has 0 amide bonds. The molecule has 0 radical (unpaired) electrons. The van der Waals surface area contributed by atoms with E-state index in [0.29, 0.717) is 18.4 Å². The summed E-state index contributed by atoms with van der Waals surface area (Å²) in [4.78, 5) is 0. The maximum Gasteiger partial charge on any atom is 0.416 e. The van der Waals surface area contributed by atoms with Crippen molar-refractivity contribution >= 4 is 0 Å². The normalized spacial score (nSPS) is 28.6. The predicted molar refractivity (Wildman–Crippen MR) is 60.8 cm³/mol. The first kappa shape index (κ1) is 13.3. The summed E-state index contributed by atoms with van der Waals surface area (Å²) in [5, 5.41) is 0. The van der Waals surface area contributed by atoms with Crippen LogP contribution in [0.2, 0.25) is 0 Å². The van der Waals surface area contributed by atoms with E-state index in [2.05, 4.69) is 0 Å². The van der Waals surface area contributed by atoms with Gasteiger partial charge in [0.2, 0.25) is 0 Å². The highest BCUT2D eigenvalue weighted by molar-refractivity contribution is 5.27. The van der Waals surface area contributed by atoms with Crippen LogP contribution >= 0.6 is 0 Å². The number of alkyl halides is 4. The fourth-order valence-corrected chi connectivity index (χ4v) is 2.50. The zero-order chi connectivity index (χ0) is 13.4. The molecule has 1 aliphatic carbocycles. The Hall–Kier alpha value is -1.10. The Balaban J connectivity index is 2.15. The summed E-state index contributed by atoms with van der Waals surface area (Å²) in [5.74, 6) is 0. The summed E-state index contributed by atoms with van der Waals surface area (Å²) in [6.07, 6.45) is -3.24. The second-order valence-corrected chi connectivity index (χ2v) is 5.03. The largest absolute Gasteiger partial charge is 0.416 e. The summed E-state index contributed by atoms with van der Waals surface area (Å²) in [6.45, 7) is 0.